The molecule has 2 rings (SSSR count). The first-order chi connectivity index (χ1) is 7.65. The molecule has 0 aromatic carbocycles. The van der Waals surface area contributed by atoms with Crippen molar-refractivity contribution in [3.8, 4) is 5.88 Å². The number of carbonyl (C=O) groups is 1. The molecule has 0 saturated carbocycles. The van der Waals surface area contributed by atoms with Gasteiger partial charge < -0.3 is 14.6 Å². The zero-order valence-corrected chi connectivity index (χ0v) is 8.97. The van der Waals surface area contributed by atoms with Gasteiger partial charge in [-0.05, 0) is 13.0 Å². The fourth-order valence-electron chi connectivity index (χ4n) is 1.60. The van der Waals surface area contributed by atoms with E-state index >= 15 is 0 Å². The lowest BCUT2D eigenvalue weighted by atomic mass is 10.2. The van der Waals surface area contributed by atoms with E-state index in [0.717, 1.165) is 6.42 Å². The van der Waals surface area contributed by atoms with E-state index in [1.807, 2.05) is 0 Å². The van der Waals surface area contributed by atoms with E-state index in [-0.39, 0.29) is 11.7 Å². The SMILES string of the molecule is Cc1cc(C(=O)O)cc(OC2CCOC2)n1. The molecule has 16 heavy (non-hydrogen) atoms. The molecule has 1 unspecified atom stereocenters. The van der Waals surface area contributed by atoms with Gasteiger partial charge in [-0.1, -0.05) is 0 Å². The zero-order valence-electron chi connectivity index (χ0n) is 8.97. The standard InChI is InChI=1S/C11H13NO4/c1-7-4-8(11(13)14)5-10(12-7)16-9-2-3-15-6-9/h4-5,9H,2-3,6H2,1H3,(H,13,14). The third kappa shape index (κ3) is 2.49. The van der Waals surface area contributed by atoms with Gasteiger partial charge in [-0.25, -0.2) is 9.78 Å². The van der Waals surface area contributed by atoms with Crippen LogP contribution >= 0.6 is 0 Å². The van der Waals surface area contributed by atoms with Crippen molar-refractivity contribution in [1.29, 1.82) is 0 Å². The lowest BCUT2D eigenvalue weighted by Crippen LogP contribution is -2.17. The van der Waals surface area contributed by atoms with Crippen molar-refractivity contribution in [3.05, 3.63) is 23.4 Å². The van der Waals surface area contributed by atoms with Crippen LogP contribution in [0.25, 0.3) is 0 Å². The molecular weight excluding hydrogens is 210 g/mol. The van der Waals surface area contributed by atoms with Gasteiger partial charge in [0.1, 0.15) is 6.10 Å². The molecule has 1 saturated heterocycles. The molecule has 5 heteroatoms. The Hall–Kier alpha value is -1.62. The van der Waals surface area contributed by atoms with Crippen molar-refractivity contribution in [2.45, 2.75) is 19.4 Å². The second-order valence-electron chi connectivity index (χ2n) is 3.74. The number of hydrogen-bond donors (Lipinski definition) is 1. The Kier molecular flexibility index (Phi) is 3.05. The smallest absolute Gasteiger partial charge is 0.335 e. The molecule has 0 aliphatic carbocycles. The summed E-state index contributed by atoms with van der Waals surface area (Å²) < 4.78 is 10.7. The Morgan fingerprint density at radius 3 is 3.06 bits per heavy atom. The first kappa shape index (κ1) is 10.9. The number of carboxylic acid groups (broad SMARTS) is 1. The summed E-state index contributed by atoms with van der Waals surface area (Å²) in [4.78, 5) is 15.0. The molecule has 0 amide bonds. The van der Waals surface area contributed by atoms with E-state index in [0.29, 0.717) is 24.8 Å². The molecule has 1 fully saturated rings. The van der Waals surface area contributed by atoms with Crippen molar-refractivity contribution in [2.75, 3.05) is 13.2 Å². The molecule has 1 aliphatic rings. The van der Waals surface area contributed by atoms with Crippen molar-refractivity contribution in [1.82, 2.24) is 4.98 Å². The third-order valence-electron chi connectivity index (χ3n) is 2.35. The van der Waals surface area contributed by atoms with Gasteiger partial charge in [0.05, 0.1) is 18.8 Å². The topological polar surface area (TPSA) is 68.7 Å². The molecule has 0 spiro atoms. The second kappa shape index (κ2) is 4.49. The number of aromatic nitrogens is 1. The Morgan fingerprint density at radius 2 is 2.44 bits per heavy atom. The monoisotopic (exact) mass is 223 g/mol. The van der Waals surface area contributed by atoms with Gasteiger partial charge in [0, 0.05) is 18.2 Å². The summed E-state index contributed by atoms with van der Waals surface area (Å²) >= 11 is 0. The zero-order chi connectivity index (χ0) is 11.5. The van der Waals surface area contributed by atoms with Gasteiger partial charge in [0.15, 0.2) is 0 Å². The molecule has 2 heterocycles. The molecule has 1 aromatic heterocycles. The van der Waals surface area contributed by atoms with Crippen LogP contribution in [-0.2, 0) is 4.74 Å². The van der Waals surface area contributed by atoms with Gasteiger partial charge in [0.25, 0.3) is 0 Å². The van der Waals surface area contributed by atoms with Crippen LogP contribution < -0.4 is 4.74 Å². The van der Waals surface area contributed by atoms with Crippen LogP contribution in [0.4, 0.5) is 0 Å². The van der Waals surface area contributed by atoms with E-state index < -0.39 is 5.97 Å². The highest BCUT2D eigenvalue weighted by atomic mass is 16.5. The number of aryl methyl sites for hydroxylation is 1. The highest BCUT2D eigenvalue weighted by Crippen LogP contribution is 2.17. The predicted octanol–water partition coefficient (Wildman–Crippen LogP) is 1.26. The quantitative estimate of drug-likeness (QED) is 0.835. The molecule has 5 nitrogen and oxygen atoms in total. The molecular formula is C11H13NO4. The maximum atomic E-state index is 10.8. The lowest BCUT2D eigenvalue weighted by Gasteiger charge is -2.11. The second-order valence-corrected chi connectivity index (χ2v) is 3.74. The van der Waals surface area contributed by atoms with Crippen LogP contribution in [0.5, 0.6) is 5.88 Å². The summed E-state index contributed by atoms with van der Waals surface area (Å²) in [6.07, 6.45) is 0.800. The van der Waals surface area contributed by atoms with Crippen molar-refractivity contribution in [2.24, 2.45) is 0 Å². The van der Waals surface area contributed by atoms with Crippen LogP contribution in [0.2, 0.25) is 0 Å². The summed E-state index contributed by atoms with van der Waals surface area (Å²) in [5.41, 5.74) is 0.829. The van der Waals surface area contributed by atoms with E-state index in [1.54, 1.807) is 6.92 Å². The maximum Gasteiger partial charge on any atom is 0.335 e. The number of carboxylic acids is 1. The van der Waals surface area contributed by atoms with E-state index in [1.165, 1.54) is 12.1 Å². The van der Waals surface area contributed by atoms with E-state index in [4.69, 9.17) is 14.6 Å². The van der Waals surface area contributed by atoms with Gasteiger partial charge in [0.2, 0.25) is 5.88 Å². The van der Waals surface area contributed by atoms with Gasteiger partial charge in [-0.3, -0.25) is 0 Å². The molecule has 0 radical (unpaired) electrons. The van der Waals surface area contributed by atoms with Crippen LogP contribution in [0, 0.1) is 6.92 Å². The molecule has 1 aromatic rings. The summed E-state index contributed by atoms with van der Waals surface area (Å²) in [5.74, 6) is -0.620. The predicted molar refractivity (Wildman–Crippen MR) is 55.8 cm³/mol. The molecule has 1 aliphatic heterocycles. The number of rotatable bonds is 3. The van der Waals surface area contributed by atoms with E-state index in [2.05, 4.69) is 4.98 Å². The number of pyridine rings is 1. The number of ether oxygens (including phenoxy) is 2. The summed E-state index contributed by atoms with van der Waals surface area (Å²) in [6.45, 7) is 2.96. The largest absolute Gasteiger partial charge is 0.478 e. The summed E-state index contributed by atoms with van der Waals surface area (Å²) in [6, 6.07) is 2.95. The molecule has 1 atom stereocenters. The van der Waals surface area contributed by atoms with E-state index in [9.17, 15) is 4.79 Å². The first-order valence-electron chi connectivity index (χ1n) is 5.11. The lowest BCUT2D eigenvalue weighted by molar-refractivity contribution is 0.0695. The van der Waals surface area contributed by atoms with Gasteiger partial charge >= 0.3 is 5.97 Å². The highest BCUT2D eigenvalue weighted by Gasteiger charge is 2.18. The average molecular weight is 223 g/mol. The van der Waals surface area contributed by atoms with Crippen molar-refractivity contribution in [3.63, 3.8) is 0 Å². The summed E-state index contributed by atoms with van der Waals surface area (Å²) in [5, 5.41) is 8.89. The van der Waals surface area contributed by atoms with Crippen LogP contribution in [-0.4, -0.2) is 35.4 Å². The third-order valence-corrected chi connectivity index (χ3v) is 2.35. The number of aromatic carboxylic acids is 1. The van der Waals surface area contributed by atoms with Crippen molar-refractivity contribution < 1.29 is 19.4 Å². The first-order valence-corrected chi connectivity index (χ1v) is 5.11. The molecule has 86 valence electrons. The highest BCUT2D eigenvalue weighted by molar-refractivity contribution is 5.87. The van der Waals surface area contributed by atoms with Crippen LogP contribution in [0.15, 0.2) is 12.1 Å². The fourth-order valence-corrected chi connectivity index (χ4v) is 1.60. The Labute approximate surface area is 93.0 Å². The Morgan fingerprint density at radius 1 is 1.62 bits per heavy atom. The minimum Gasteiger partial charge on any atom is -0.478 e. The Bertz CT molecular complexity index is 399. The molecule has 0 bridgehead atoms. The van der Waals surface area contributed by atoms with Crippen LogP contribution in [0.1, 0.15) is 22.5 Å². The number of hydrogen-bond acceptors (Lipinski definition) is 4. The van der Waals surface area contributed by atoms with Crippen molar-refractivity contribution >= 4 is 5.97 Å². The minimum absolute atomic E-state index is 0.0176. The summed E-state index contributed by atoms with van der Waals surface area (Å²) in [7, 11) is 0. The average Bonchev–Trinajstić information content (AvgIpc) is 2.69. The number of nitrogens with zero attached hydrogens (tertiary/aromatic N) is 1. The normalized spacial score (nSPS) is 19.7. The minimum atomic E-state index is -0.974. The maximum absolute atomic E-state index is 10.8. The van der Waals surface area contributed by atoms with Gasteiger partial charge in [-0.2, -0.15) is 0 Å². The van der Waals surface area contributed by atoms with Gasteiger partial charge in [-0.15, -0.1) is 0 Å². The molecule has 1 N–H and O–H groups in total. The Balaban J connectivity index is 2.16. The fraction of sp³-hybridized carbons (Fsp3) is 0.455. The van der Waals surface area contributed by atoms with Crippen LogP contribution in [0.3, 0.4) is 0 Å².